The van der Waals surface area contributed by atoms with E-state index in [1.54, 1.807) is 0 Å². The first kappa shape index (κ1) is 23.7. The highest BCUT2D eigenvalue weighted by Gasteiger charge is 2.31. The quantitative estimate of drug-likeness (QED) is 0.404. The number of aromatic nitrogens is 1. The molecule has 0 aliphatic carbocycles. The van der Waals surface area contributed by atoms with Crippen LogP contribution in [0.25, 0.3) is 11.1 Å². The molecule has 0 saturated heterocycles. The number of halogens is 3. The van der Waals surface area contributed by atoms with E-state index in [-0.39, 0.29) is 6.79 Å². The molecule has 1 aromatic heterocycles. The Bertz CT molecular complexity index is 1200. The van der Waals surface area contributed by atoms with Gasteiger partial charge >= 0.3 is 6.18 Å². The van der Waals surface area contributed by atoms with E-state index in [0.29, 0.717) is 46.8 Å². The third kappa shape index (κ3) is 4.62. The van der Waals surface area contributed by atoms with Crippen LogP contribution >= 0.6 is 0 Å². The van der Waals surface area contributed by atoms with Gasteiger partial charge in [0.15, 0.2) is 11.5 Å². The standard InChI is InChI=1S/C26H27F3N2O3/c1-3-4-5-6-20-24(18-8-10-19(11-9-18)26(27,28)29)23(25(30)32)16(2)31(20)14-17-7-12-21-22(13-17)34-15-33-21/h7-13H,3-6,14-15H2,1-2H3,(H2,30,32). The smallest absolute Gasteiger partial charge is 0.416 e. The molecule has 2 heterocycles. The molecule has 0 unspecified atom stereocenters. The first-order valence-electron chi connectivity index (χ1n) is 11.3. The monoisotopic (exact) mass is 472 g/mol. The number of ether oxygens (including phenoxy) is 2. The summed E-state index contributed by atoms with van der Waals surface area (Å²) in [7, 11) is 0. The maximum absolute atomic E-state index is 13.1. The van der Waals surface area contributed by atoms with Crippen molar-refractivity contribution in [3.63, 3.8) is 0 Å². The Hall–Kier alpha value is -3.42. The Labute approximate surface area is 196 Å². The average Bonchev–Trinajstić information content (AvgIpc) is 3.36. The first-order chi connectivity index (χ1) is 16.2. The second-order valence-electron chi connectivity index (χ2n) is 8.45. The van der Waals surface area contributed by atoms with Gasteiger partial charge in [0.05, 0.1) is 11.1 Å². The molecule has 8 heteroatoms. The van der Waals surface area contributed by atoms with Gasteiger partial charge in [-0.2, -0.15) is 13.2 Å². The summed E-state index contributed by atoms with van der Waals surface area (Å²) in [5.41, 5.74) is 9.07. The molecule has 1 aliphatic rings. The van der Waals surface area contributed by atoms with Gasteiger partial charge in [-0.25, -0.2) is 0 Å². The van der Waals surface area contributed by atoms with Gasteiger partial charge < -0.3 is 19.8 Å². The summed E-state index contributed by atoms with van der Waals surface area (Å²) in [5.74, 6) is 0.737. The highest BCUT2D eigenvalue weighted by Crippen LogP contribution is 2.38. The molecule has 2 aromatic carbocycles. The van der Waals surface area contributed by atoms with E-state index in [4.69, 9.17) is 15.2 Å². The van der Waals surface area contributed by atoms with Crippen LogP contribution in [0.1, 0.15) is 59.1 Å². The summed E-state index contributed by atoms with van der Waals surface area (Å²) in [6, 6.07) is 10.6. The number of benzene rings is 2. The first-order valence-corrected chi connectivity index (χ1v) is 11.3. The number of hydrogen-bond donors (Lipinski definition) is 1. The lowest BCUT2D eigenvalue weighted by molar-refractivity contribution is -0.137. The zero-order valence-electron chi connectivity index (χ0n) is 19.2. The molecule has 0 spiro atoms. The highest BCUT2D eigenvalue weighted by molar-refractivity contribution is 6.02. The minimum Gasteiger partial charge on any atom is -0.454 e. The van der Waals surface area contributed by atoms with E-state index in [1.165, 1.54) is 12.1 Å². The van der Waals surface area contributed by atoms with E-state index in [9.17, 15) is 18.0 Å². The summed E-state index contributed by atoms with van der Waals surface area (Å²) in [6.07, 6.45) is -0.876. The third-order valence-electron chi connectivity index (χ3n) is 6.17. The highest BCUT2D eigenvalue weighted by atomic mass is 19.4. The van der Waals surface area contributed by atoms with Gasteiger partial charge in [0.25, 0.3) is 5.91 Å². The molecule has 180 valence electrons. The Balaban J connectivity index is 1.83. The van der Waals surface area contributed by atoms with Crippen molar-refractivity contribution in [2.45, 2.75) is 52.3 Å². The summed E-state index contributed by atoms with van der Waals surface area (Å²) in [6.45, 7) is 4.56. The summed E-state index contributed by atoms with van der Waals surface area (Å²) >= 11 is 0. The lowest BCUT2D eigenvalue weighted by Crippen LogP contribution is -2.13. The zero-order chi connectivity index (χ0) is 24.5. The molecule has 0 atom stereocenters. The molecule has 1 aliphatic heterocycles. The fourth-order valence-electron chi connectivity index (χ4n) is 4.47. The average molecular weight is 473 g/mol. The van der Waals surface area contributed by atoms with Crippen LogP contribution in [0.2, 0.25) is 0 Å². The molecule has 2 N–H and O–H groups in total. The van der Waals surface area contributed by atoms with E-state index in [0.717, 1.165) is 42.7 Å². The molecule has 4 rings (SSSR count). The van der Waals surface area contributed by atoms with E-state index in [1.807, 2.05) is 29.7 Å². The Kier molecular flexibility index (Phi) is 6.59. The minimum atomic E-state index is -4.43. The van der Waals surface area contributed by atoms with Gasteiger partial charge in [-0.1, -0.05) is 38.0 Å². The van der Waals surface area contributed by atoms with Crippen molar-refractivity contribution in [1.82, 2.24) is 4.57 Å². The lowest BCUT2D eigenvalue weighted by atomic mass is 9.96. The van der Waals surface area contributed by atoms with Crippen LogP contribution in [0, 0.1) is 6.92 Å². The lowest BCUT2D eigenvalue weighted by Gasteiger charge is -2.14. The molecular weight excluding hydrogens is 445 g/mol. The van der Waals surface area contributed by atoms with Crippen molar-refractivity contribution in [1.29, 1.82) is 0 Å². The van der Waals surface area contributed by atoms with Crippen molar-refractivity contribution < 1.29 is 27.4 Å². The van der Waals surface area contributed by atoms with Gasteiger partial charge in [0, 0.05) is 23.5 Å². The van der Waals surface area contributed by atoms with E-state index >= 15 is 0 Å². The predicted octanol–water partition coefficient (Wildman–Crippen LogP) is 6.09. The number of carbonyl (C=O) groups is 1. The molecule has 5 nitrogen and oxygen atoms in total. The fraction of sp³-hybridized carbons (Fsp3) is 0.346. The predicted molar refractivity (Wildman–Crippen MR) is 123 cm³/mol. The van der Waals surface area contributed by atoms with Gasteiger partial charge in [0.2, 0.25) is 6.79 Å². The van der Waals surface area contributed by atoms with Crippen LogP contribution in [-0.2, 0) is 19.1 Å². The van der Waals surface area contributed by atoms with Crippen LogP contribution < -0.4 is 15.2 Å². The van der Waals surface area contributed by atoms with Gasteiger partial charge in [-0.05, 0) is 55.2 Å². The number of nitrogens with zero attached hydrogens (tertiary/aromatic N) is 1. The number of fused-ring (bicyclic) bond motifs is 1. The fourth-order valence-corrected chi connectivity index (χ4v) is 4.47. The maximum atomic E-state index is 13.1. The van der Waals surface area contributed by atoms with Crippen molar-refractivity contribution in [2.75, 3.05) is 6.79 Å². The van der Waals surface area contributed by atoms with Crippen LogP contribution in [0.3, 0.4) is 0 Å². The maximum Gasteiger partial charge on any atom is 0.416 e. The number of hydrogen-bond acceptors (Lipinski definition) is 3. The Morgan fingerprint density at radius 1 is 1.06 bits per heavy atom. The van der Waals surface area contributed by atoms with Gasteiger partial charge in [-0.15, -0.1) is 0 Å². The van der Waals surface area contributed by atoms with Crippen molar-refractivity contribution in [3.05, 3.63) is 70.5 Å². The van der Waals surface area contributed by atoms with E-state index in [2.05, 4.69) is 6.92 Å². The number of alkyl halides is 3. The third-order valence-corrected chi connectivity index (χ3v) is 6.17. The second kappa shape index (κ2) is 9.44. The molecule has 0 radical (unpaired) electrons. The number of unbranched alkanes of at least 4 members (excludes halogenated alkanes) is 2. The number of amides is 1. The van der Waals surface area contributed by atoms with E-state index < -0.39 is 17.6 Å². The SMILES string of the molecule is CCCCCc1c(-c2ccc(C(F)(F)F)cc2)c(C(N)=O)c(C)n1Cc1ccc2c(c1)OCO2. The molecule has 34 heavy (non-hydrogen) atoms. The summed E-state index contributed by atoms with van der Waals surface area (Å²) in [5, 5.41) is 0. The molecular formula is C26H27F3N2O3. The largest absolute Gasteiger partial charge is 0.454 e. The Morgan fingerprint density at radius 3 is 2.41 bits per heavy atom. The summed E-state index contributed by atoms with van der Waals surface area (Å²) in [4.78, 5) is 12.5. The summed E-state index contributed by atoms with van der Waals surface area (Å²) < 4.78 is 52.3. The van der Waals surface area contributed by atoms with Crippen molar-refractivity contribution in [2.24, 2.45) is 5.73 Å². The topological polar surface area (TPSA) is 66.5 Å². The molecule has 3 aromatic rings. The zero-order valence-corrected chi connectivity index (χ0v) is 19.2. The molecule has 0 bridgehead atoms. The number of nitrogens with two attached hydrogens (primary N) is 1. The molecule has 1 amide bonds. The van der Waals surface area contributed by atoms with Crippen molar-refractivity contribution >= 4 is 5.91 Å². The second-order valence-corrected chi connectivity index (χ2v) is 8.45. The minimum absolute atomic E-state index is 0.174. The molecule has 0 saturated carbocycles. The van der Waals surface area contributed by atoms with Crippen LogP contribution in [0.5, 0.6) is 11.5 Å². The van der Waals surface area contributed by atoms with Gasteiger partial charge in [-0.3, -0.25) is 4.79 Å². The number of primary amides is 1. The van der Waals surface area contributed by atoms with Crippen LogP contribution in [0.4, 0.5) is 13.2 Å². The van der Waals surface area contributed by atoms with Crippen molar-refractivity contribution in [3.8, 4) is 22.6 Å². The normalized spacial score (nSPS) is 12.9. The Morgan fingerprint density at radius 2 is 1.76 bits per heavy atom. The number of rotatable bonds is 8. The molecule has 0 fully saturated rings. The van der Waals surface area contributed by atoms with Crippen LogP contribution in [-0.4, -0.2) is 17.3 Å². The van der Waals surface area contributed by atoms with Gasteiger partial charge in [0.1, 0.15) is 0 Å². The number of carbonyl (C=O) groups excluding carboxylic acids is 1. The van der Waals surface area contributed by atoms with Crippen LogP contribution in [0.15, 0.2) is 42.5 Å².